The van der Waals surface area contributed by atoms with Crippen molar-refractivity contribution in [3.63, 3.8) is 0 Å². The van der Waals surface area contributed by atoms with Gasteiger partial charge in [0.2, 0.25) is 5.95 Å². The fourth-order valence-corrected chi connectivity index (χ4v) is 5.04. The second-order valence-corrected chi connectivity index (χ2v) is 9.79. The molecular formula is C28H35N9O. The molecule has 198 valence electrons. The molecule has 10 nitrogen and oxygen atoms in total. The molecule has 1 aliphatic heterocycles. The molecule has 4 aromatic rings. The van der Waals surface area contributed by atoms with Gasteiger partial charge in [0.25, 0.3) is 0 Å². The van der Waals surface area contributed by atoms with Gasteiger partial charge in [0, 0.05) is 61.3 Å². The number of nitrogens with one attached hydrogen (secondary N) is 1. The van der Waals surface area contributed by atoms with Crippen LogP contribution in [-0.4, -0.2) is 70.0 Å². The number of fused-ring (bicyclic) bond motifs is 1. The Morgan fingerprint density at radius 1 is 1.16 bits per heavy atom. The molecular weight excluding hydrogens is 478 g/mol. The topological polar surface area (TPSA) is 110 Å². The Morgan fingerprint density at radius 2 is 1.97 bits per heavy atom. The fraction of sp³-hybridized carbons (Fsp3) is 0.357. The van der Waals surface area contributed by atoms with Gasteiger partial charge in [-0.1, -0.05) is 6.08 Å². The number of methoxy groups -OCH3 is 1. The minimum atomic E-state index is 0.479. The van der Waals surface area contributed by atoms with Crippen LogP contribution in [0.1, 0.15) is 18.4 Å². The molecule has 5 rings (SSSR count). The highest BCUT2D eigenvalue weighted by Gasteiger charge is 2.23. The van der Waals surface area contributed by atoms with Crippen molar-refractivity contribution in [1.82, 2.24) is 29.6 Å². The number of aryl methyl sites for hydroxylation is 1. The zero-order chi connectivity index (χ0) is 26.6. The predicted molar refractivity (Wildman–Crippen MR) is 152 cm³/mol. The monoisotopic (exact) mass is 513 g/mol. The smallest absolute Gasteiger partial charge is 0.227 e. The van der Waals surface area contributed by atoms with E-state index in [0.717, 1.165) is 66.1 Å². The first-order valence-corrected chi connectivity index (χ1v) is 12.8. The summed E-state index contributed by atoms with van der Waals surface area (Å²) in [7, 11) is 7.88. The SMILES string of the molecule is COc1cc(N2CCC(N(C)C)CC2)c(CC=CN)cc1Nc1nccc(-c2cnc3c(cnn3C)c2)n1. The average molecular weight is 514 g/mol. The highest BCUT2D eigenvalue weighted by atomic mass is 16.5. The van der Waals surface area contributed by atoms with E-state index in [2.05, 4.69) is 56.4 Å². The average Bonchev–Trinajstić information content (AvgIpc) is 3.32. The Bertz CT molecular complexity index is 1440. The number of anilines is 3. The zero-order valence-electron chi connectivity index (χ0n) is 22.4. The van der Waals surface area contributed by atoms with Crippen molar-refractivity contribution in [2.45, 2.75) is 25.3 Å². The van der Waals surface area contributed by atoms with Crippen LogP contribution in [0.25, 0.3) is 22.3 Å². The molecule has 1 saturated heterocycles. The van der Waals surface area contributed by atoms with Gasteiger partial charge in [-0.3, -0.25) is 4.68 Å². The van der Waals surface area contributed by atoms with Gasteiger partial charge in [0.15, 0.2) is 5.65 Å². The second kappa shape index (κ2) is 11.1. The standard InChI is InChI=1S/C28H35N9O/c1-35(2)22-8-12-37(13-9-22)25-16-26(38-4)24(15-19(25)6-5-10-29)34-28-30-11-7-23(33-28)20-14-21-18-32-36(3)27(21)31-17-20/h5,7,10-11,14-18,22H,6,8-9,12-13,29H2,1-4H3,(H,30,33,34). The molecule has 1 aliphatic rings. The summed E-state index contributed by atoms with van der Waals surface area (Å²) < 4.78 is 7.57. The minimum Gasteiger partial charge on any atom is -0.494 e. The third-order valence-corrected chi connectivity index (χ3v) is 7.18. The van der Waals surface area contributed by atoms with E-state index in [1.807, 2.05) is 31.5 Å². The Labute approximate surface area is 223 Å². The Balaban J connectivity index is 1.44. The lowest BCUT2D eigenvalue weighted by molar-refractivity contribution is 0.249. The number of nitrogens with two attached hydrogens (primary N) is 1. The summed E-state index contributed by atoms with van der Waals surface area (Å²) in [5.41, 5.74) is 11.4. The van der Waals surface area contributed by atoms with Gasteiger partial charge >= 0.3 is 0 Å². The summed E-state index contributed by atoms with van der Waals surface area (Å²) in [5.74, 6) is 1.22. The maximum Gasteiger partial charge on any atom is 0.227 e. The van der Waals surface area contributed by atoms with Crippen LogP contribution in [0.4, 0.5) is 17.3 Å². The molecule has 1 fully saturated rings. The van der Waals surface area contributed by atoms with Gasteiger partial charge in [-0.25, -0.2) is 15.0 Å². The van der Waals surface area contributed by atoms with E-state index in [1.165, 1.54) is 11.3 Å². The molecule has 0 aliphatic carbocycles. The summed E-state index contributed by atoms with van der Waals surface area (Å²) in [6.45, 7) is 2.00. The minimum absolute atomic E-state index is 0.479. The van der Waals surface area contributed by atoms with Crippen molar-refractivity contribution >= 4 is 28.4 Å². The first-order valence-electron chi connectivity index (χ1n) is 12.8. The quantitative estimate of drug-likeness (QED) is 0.364. The number of ether oxygens (including phenoxy) is 1. The highest BCUT2D eigenvalue weighted by molar-refractivity contribution is 5.80. The maximum atomic E-state index is 5.82. The number of pyridine rings is 1. The van der Waals surface area contributed by atoms with Crippen molar-refractivity contribution in [2.75, 3.05) is 44.5 Å². The second-order valence-electron chi connectivity index (χ2n) is 9.79. The van der Waals surface area contributed by atoms with Crippen LogP contribution in [-0.2, 0) is 13.5 Å². The summed E-state index contributed by atoms with van der Waals surface area (Å²) in [6.07, 6.45) is 11.9. The molecule has 0 amide bonds. The number of piperidine rings is 1. The van der Waals surface area contributed by atoms with Crippen LogP contribution in [0.3, 0.4) is 0 Å². The summed E-state index contributed by atoms with van der Waals surface area (Å²) in [4.78, 5) is 18.5. The van der Waals surface area contributed by atoms with E-state index in [4.69, 9.17) is 15.5 Å². The van der Waals surface area contributed by atoms with Crippen LogP contribution in [0.15, 0.2) is 55.1 Å². The van der Waals surface area contributed by atoms with Gasteiger partial charge in [-0.15, -0.1) is 0 Å². The Hall–Kier alpha value is -4.18. The summed E-state index contributed by atoms with van der Waals surface area (Å²) in [6, 6.07) is 8.75. The van der Waals surface area contributed by atoms with Crippen LogP contribution in [0.5, 0.6) is 5.75 Å². The number of allylic oxidation sites excluding steroid dienone is 1. The Kier molecular flexibility index (Phi) is 7.41. The number of hydrogen-bond donors (Lipinski definition) is 2. The van der Waals surface area contributed by atoms with Crippen molar-refractivity contribution in [2.24, 2.45) is 12.8 Å². The van der Waals surface area contributed by atoms with E-state index >= 15 is 0 Å². The third kappa shape index (κ3) is 5.26. The number of aromatic nitrogens is 5. The molecule has 0 unspecified atom stereocenters. The molecule has 0 bridgehead atoms. The predicted octanol–water partition coefficient (Wildman–Crippen LogP) is 3.72. The van der Waals surface area contributed by atoms with Crippen LogP contribution in [0, 0.1) is 0 Å². The zero-order valence-corrected chi connectivity index (χ0v) is 22.4. The number of rotatable bonds is 8. The molecule has 3 aromatic heterocycles. The molecule has 0 saturated carbocycles. The molecule has 0 spiro atoms. The van der Waals surface area contributed by atoms with Gasteiger partial charge in [-0.2, -0.15) is 5.10 Å². The largest absolute Gasteiger partial charge is 0.494 e. The lowest BCUT2D eigenvalue weighted by Crippen LogP contribution is -2.42. The van der Waals surface area contributed by atoms with E-state index in [0.29, 0.717) is 12.0 Å². The lowest BCUT2D eigenvalue weighted by atomic mass is 10.0. The molecule has 10 heteroatoms. The third-order valence-electron chi connectivity index (χ3n) is 7.18. The number of benzene rings is 1. The fourth-order valence-electron chi connectivity index (χ4n) is 5.04. The molecule has 3 N–H and O–H groups in total. The van der Waals surface area contributed by atoms with Crippen LogP contribution < -0.4 is 20.7 Å². The normalized spacial score (nSPS) is 14.6. The van der Waals surface area contributed by atoms with E-state index < -0.39 is 0 Å². The van der Waals surface area contributed by atoms with Crippen LogP contribution >= 0.6 is 0 Å². The van der Waals surface area contributed by atoms with E-state index in [9.17, 15) is 0 Å². The number of nitrogens with zero attached hydrogens (tertiary/aromatic N) is 7. The van der Waals surface area contributed by atoms with Crippen molar-refractivity contribution < 1.29 is 4.74 Å². The van der Waals surface area contributed by atoms with Gasteiger partial charge in [0.1, 0.15) is 5.75 Å². The van der Waals surface area contributed by atoms with E-state index in [1.54, 1.807) is 30.4 Å². The van der Waals surface area contributed by atoms with E-state index in [-0.39, 0.29) is 0 Å². The highest BCUT2D eigenvalue weighted by Crippen LogP contribution is 2.37. The van der Waals surface area contributed by atoms with Crippen molar-refractivity contribution in [3.05, 3.63) is 60.7 Å². The molecule has 4 heterocycles. The van der Waals surface area contributed by atoms with Crippen molar-refractivity contribution in [1.29, 1.82) is 0 Å². The molecule has 0 radical (unpaired) electrons. The molecule has 0 atom stereocenters. The van der Waals surface area contributed by atoms with Crippen LogP contribution in [0.2, 0.25) is 0 Å². The Morgan fingerprint density at radius 3 is 2.71 bits per heavy atom. The van der Waals surface area contributed by atoms with Gasteiger partial charge < -0.3 is 25.6 Å². The first-order chi connectivity index (χ1) is 18.5. The maximum absolute atomic E-state index is 5.82. The summed E-state index contributed by atoms with van der Waals surface area (Å²) in [5, 5.41) is 8.62. The molecule has 1 aromatic carbocycles. The van der Waals surface area contributed by atoms with Crippen molar-refractivity contribution in [3.8, 4) is 17.0 Å². The summed E-state index contributed by atoms with van der Waals surface area (Å²) >= 11 is 0. The van der Waals surface area contributed by atoms with Gasteiger partial charge in [-0.05, 0) is 63.3 Å². The number of hydrogen-bond acceptors (Lipinski definition) is 9. The lowest BCUT2D eigenvalue weighted by Gasteiger charge is -2.37. The first kappa shape index (κ1) is 25.5. The van der Waals surface area contributed by atoms with Gasteiger partial charge in [0.05, 0.1) is 24.7 Å². The molecule has 38 heavy (non-hydrogen) atoms.